The number of nitrogens with one attached hydrogen (secondary N) is 1. The van der Waals surface area contributed by atoms with E-state index in [1.165, 1.54) is 31.4 Å². The largest absolute Gasteiger partial charge is 0.465 e. The fourth-order valence-corrected chi connectivity index (χ4v) is 4.03. The number of methoxy groups -OCH3 is 1. The van der Waals surface area contributed by atoms with Crippen LogP contribution >= 0.6 is 0 Å². The van der Waals surface area contributed by atoms with Crippen molar-refractivity contribution < 1.29 is 17.9 Å². The van der Waals surface area contributed by atoms with Crippen LogP contribution in [0.2, 0.25) is 0 Å². The molecule has 1 fully saturated rings. The van der Waals surface area contributed by atoms with E-state index >= 15 is 0 Å². The average Bonchev–Trinajstić information content (AvgIpc) is 2.68. The molecule has 0 aliphatic carbocycles. The number of esters is 1. The third kappa shape index (κ3) is 4.58. The van der Waals surface area contributed by atoms with E-state index in [1.807, 2.05) is 12.1 Å². The first-order valence-corrected chi connectivity index (χ1v) is 10.1. The number of rotatable bonds is 5. The van der Waals surface area contributed by atoms with Crippen molar-refractivity contribution in [1.29, 1.82) is 0 Å². The molecule has 7 nitrogen and oxygen atoms in total. The number of hydrogen-bond acceptors (Lipinski definition) is 6. The summed E-state index contributed by atoms with van der Waals surface area (Å²) in [5.41, 5.74) is 1.72. The Labute approximate surface area is 159 Å². The fourth-order valence-electron chi connectivity index (χ4n) is 2.93. The van der Waals surface area contributed by atoms with E-state index in [2.05, 4.69) is 26.3 Å². The van der Waals surface area contributed by atoms with Crippen LogP contribution in [0.15, 0.2) is 53.4 Å². The second-order valence-electron chi connectivity index (χ2n) is 6.46. The zero-order chi connectivity index (χ0) is 19.4. The van der Waals surface area contributed by atoms with Gasteiger partial charge in [-0.25, -0.2) is 13.2 Å². The first kappa shape index (κ1) is 19.2. The molecule has 27 heavy (non-hydrogen) atoms. The number of carbonyl (C=O) groups excluding carboxylic acids is 1. The van der Waals surface area contributed by atoms with Gasteiger partial charge < -0.3 is 14.5 Å². The van der Waals surface area contributed by atoms with Crippen LogP contribution in [-0.4, -0.2) is 59.6 Å². The van der Waals surface area contributed by atoms with Crippen molar-refractivity contribution >= 4 is 27.4 Å². The van der Waals surface area contributed by atoms with Gasteiger partial charge >= 0.3 is 5.97 Å². The van der Waals surface area contributed by atoms with Crippen LogP contribution < -0.4 is 9.62 Å². The summed E-state index contributed by atoms with van der Waals surface area (Å²) >= 11 is 0. The first-order valence-electron chi connectivity index (χ1n) is 8.64. The number of likely N-dealkylation sites (N-methyl/N-ethyl adjacent to an activating group) is 1. The second-order valence-corrected chi connectivity index (χ2v) is 8.14. The molecular weight excluding hydrogens is 366 g/mol. The number of sulfonamides is 1. The van der Waals surface area contributed by atoms with Gasteiger partial charge in [-0.3, -0.25) is 4.72 Å². The van der Waals surface area contributed by atoms with E-state index < -0.39 is 16.0 Å². The van der Waals surface area contributed by atoms with Gasteiger partial charge in [-0.15, -0.1) is 0 Å². The Balaban J connectivity index is 1.73. The number of carbonyl (C=O) groups is 1. The van der Waals surface area contributed by atoms with Crippen LogP contribution in [0.5, 0.6) is 0 Å². The maximum absolute atomic E-state index is 12.6. The smallest absolute Gasteiger partial charge is 0.337 e. The highest BCUT2D eigenvalue weighted by Gasteiger charge is 2.18. The molecule has 8 heteroatoms. The molecule has 0 unspecified atom stereocenters. The Morgan fingerprint density at radius 2 is 1.70 bits per heavy atom. The van der Waals surface area contributed by atoms with E-state index in [4.69, 9.17) is 0 Å². The number of piperazine rings is 1. The normalized spacial score (nSPS) is 15.4. The number of ether oxygens (including phenoxy) is 1. The van der Waals surface area contributed by atoms with Gasteiger partial charge in [0, 0.05) is 37.6 Å². The lowest BCUT2D eigenvalue weighted by molar-refractivity contribution is 0.0600. The highest BCUT2D eigenvalue weighted by molar-refractivity contribution is 7.92. The Kier molecular flexibility index (Phi) is 5.67. The highest BCUT2D eigenvalue weighted by Crippen LogP contribution is 2.22. The molecule has 144 valence electrons. The molecule has 0 spiro atoms. The van der Waals surface area contributed by atoms with Crippen molar-refractivity contribution in [3.8, 4) is 0 Å². The molecule has 0 amide bonds. The molecule has 1 aliphatic rings. The Morgan fingerprint density at radius 3 is 2.33 bits per heavy atom. The summed E-state index contributed by atoms with van der Waals surface area (Å²) in [4.78, 5) is 16.2. The summed E-state index contributed by atoms with van der Waals surface area (Å²) in [5, 5.41) is 0. The zero-order valence-electron chi connectivity index (χ0n) is 15.4. The van der Waals surface area contributed by atoms with Gasteiger partial charge in [0.05, 0.1) is 17.6 Å². The van der Waals surface area contributed by atoms with Crippen LogP contribution in [0.4, 0.5) is 11.4 Å². The van der Waals surface area contributed by atoms with Crippen molar-refractivity contribution in [2.45, 2.75) is 4.90 Å². The van der Waals surface area contributed by atoms with Crippen LogP contribution in [-0.2, 0) is 14.8 Å². The lowest BCUT2D eigenvalue weighted by Gasteiger charge is -2.34. The minimum Gasteiger partial charge on any atom is -0.465 e. The third-order valence-corrected chi connectivity index (χ3v) is 5.93. The van der Waals surface area contributed by atoms with Crippen molar-refractivity contribution in [3.05, 3.63) is 54.1 Å². The zero-order valence-corrected chi connectivity index (χ0v) is 16.2. The maximum Gasteiger partial charge on any atom is 0.337 e. The van der Waals surface area contributed by atoms with Crippen LogP contribution in [0.1, 0.15) is 10.4 Å². The monoisotopic (exact) mass is 389 g/mol. The summed E-state index contributed by atoms with van der Waals surface area (Å²) < 4.78 is 32.4. The minimum absolute atomic E-state index is 0.00791. The molecule has 1 N–H and O–H groups in total. The number of hydrogen-bond donors (Lipinski definition) is 1. The summed E-state index contributed by atoms with van der Waals surface area (Å²) in [5.74, 6) is -0.580. The average molecular weight is 389 g/mol. The first-order chi connectivity index (χ1) is 12.9. The number of nitrogens with zero attached hydrogens (tertiary/aromatic N) is 2. The van der Waals surface area contributed by atoms with Crippen LogP contribution in [0.3, 0.4) is 0 Å². The third-order valence-electron chi connectivity index (χ3n) is 4.55. The topological polar surface area (TPSA) is 78.9 Å². The summed E-state index contributed by atoms with van der Waals surface area (Å²) in [7, 11) is -0.445. The van der Waals surface area contributed by atoms with Crippen molar-refractivity contribution in [2.75, 3.05) is 50.0 Å². The Hall–Kier alpha value is -2.58. The molecule has 0 saturated carbocycles. The molecule has 0 aromatic heterocycles. The van der Waals surface area contributed by atoms with Crippen molar-refractivity contribution in [1.82, 2.24) is 4.90 Å². The van der Waals surface area contributed by atoms with E-state index in [9.17, 15) is 13.2 Å². The van der Waals surface area contributed by atoms with Crippen LogP contribution in [0, 0.1) is 0 Å². The molecular formula is C19H23N3O4S. The molecule has 2 aromatic carbocycles. The molecule has 1 heterocycles. The Morgan fingerprint density at radius 1 is 1.04 bits per heavy atom. The number of benzene rings is 2. The Bertz CT molecular complexity index is 905. The van der Waals surface area contributed by atoms with Gasteiger partial charge in [0.15, 0.2) is 0 Å². The summed E-state index contributed by atoms with van der Waals surface area (Å²) in [6, 6.07) is 13.1. The van der Waals surface area contributed by atoms with E-state index in [0.29, 0.717) is 5.69 Å². The maximum atomic E-state index is 12.6. The molecule has 1 saturated heterocycles. The van der Waals surface area contributed by atoms with Gasteiger partial charge in [-0.05, 0) is 49.5 Å². The molecule has 0 bridgehead atoms. The van der Waals surface area contributed by atoms with Gasteiger partial charge in [-0.2, -0.15) is 0 Å². The molecule has 1 aliphatic heterocycles. The van der Waals surface area contributed by atoms with E-state index in [1.54, 1.807) is 12.1 Å². The van der Waals surface area contributed by atoms with Crippen molar-refractivity contribution in [2.24, 2.45) is 0 Å². The van der Waals surface area contributed by atoms with Crippen molar-refractivity contribution in [3.63, 3.8) is 0 Å². The molecule has 0 radical (unpaired) electrons. The predicted octanol–water partition coefficient (Wildman–Crippen LogP) is 2.03. The number of anilines is 2. The molecule has 2 aromatic rings. The summed E-state index contributed by atoms with van der Waals surface area (Å²) in [6.45, 7) is 3.90. The predicted molar refractivity (Wildman–Crippen MR) is 105 cm³/mol. The SMILES string of the molecule is COC(=O)c1cccc(S(=O)(=O)Nc2ccc(N3CCN(C)CC3)cc2)c1. The lowest BCUT2D eigenvalue weighted by atomic mass is 10.2. The lowest BCUT2D eigenvalue weighted by Crippen LogP contribution is -2.44. The standard InChI is InChI=1S/C19H23N3O4S/c1-21-10-12-22(13-11-21)17-8-6-16(7-9-17)20-27(24,25)18-5-3-4-15(14-18)19(23)26-2/h3-9,14,20H,10-13H2,1-2H3. The van der Waals surface area contributed by atoms with Gasteiger partial charge in [0.25, 0.3) is 10.0 Å². The van der Waals surface area contributed by atoms with Gasteiger partial charge in [0.2, 0.25) is 0 Å². The van der Waals surface area contributed by atoms with E-state index in [0.717, 1.165) is 31.9 Å². The molecule has 3 rings (SSSR count). The van der Waals surface area contributed by atoms with Gasteiger partial charge in [0.1, 0.15) is 0 Å². The summed E-state index contributed by atoms with van der Waals surface area (Å²) in [6.07, 6.45) is 0. The van der Waals surface area contributed by atoms with E-state index in [-0.39, 0.29) is 10.5 Å². The van der Waals surface area contributed by atoms with Crippen LogP contribution in [0.25, 0.3) is 0 Å². The minimum atomic E-state index is -3.80. The second kappa shape index (κ2) is 7.98. The van der Waals surface area contributed by atoms with Gasteiger partial charge in [-0.1, -0.05) is 6.07 Å². The highest BCUT2D eigenvalue weighted by atomic mass is 32.2. The molecule has 0 atom stereocenters. The quantitative estimate of drug-likeness (QED) is 0.789. The fraction of sp³-hybridized carbons (Fsp3) is 0.316.